The molecule has 4 rings (SSSR count). The van der Waals surface area contributed by atoms with Crippen LogP contribution in [0.5, 0.6) is 0 Å². The highest BCUT2D eigenvalue weighted by molar-refractivity contribution is 6.62. The van der Waals surface area contributed by atoms with Gasteiger partial charge in [-0.1, -0.05) is 36.4 Å². The third-order valence-corrected chi connectivity index (χ3v) is 5.45. The summed E-state index contributed by atoms with van der Waals surface area (Å²) in [6, 6.07) is 16.9. The molecule has 0 spiro atoms. The smallest absolute Gasteiger partial charge is 0.399 e. The van der Waals surface area contributed by atoms with Gasteiger partial charge in [-0.2, -0.15) is 0 Å². The van der Waals surface area contributed by atoms with E-state index in [1.165, 1.54) is 22.3 Å². The highest BCUT2D eigenvalue weighted by Gasteiger charge is 2.51. The van der Waals surface area contributed by atoms with Crippen LogP contribution in [0.1, 0.15) is 27.7 Å². The van der Waals surface area contributed by atoms with Crippen molar-refractivity contribution in [3.05, 3.63) is 60.9 Å². The van der Waals surface area contributed by atoms with Crippen LogP contribution in [-0.4, -0.2) is 23.3 Å². The molecule has 0 N–H and O–H groups in total. The summed E-state index contributed by atoms with van der Waals surface area (Å²) in [5.74, 6) is 0. The minimum atomic E-state index is -0.342. The van der Waals surface area contributed by atoms with Crippen LogP contribution < -0.4 is 5.46 Å². The number of nitrogens with zero attached hydrogens (tertiary/aromatic N) is 1. The Morgan fingerprint density at radius 2 is 1.16 bits per heavy atom. The van der Waals surface area contributed by atoms with Crippen LogP contribution in [-0.2, 0) is 9.31 Å². The monoisotopic (exact) mass is 331 g/mol. The first-order valence-electron chi connectivity index (χ1n) is 8.66. The zero-order valence-electron chi connectivity index (χ0n) is 15.1. The molecule has 1 aliphatic heterocycles. The van der Waals surface area contributed by atoms with Gasteiger partial charge in [0.1, 0.15) is 0 Å². The van der Waals surface area contributed by atoms with Gasteiger partial charge >= 0.3 is 7.12 Å². The van der Waals surface area contributed by atoms with Crippen LogP contribution in [0.3, 0.4) is 0 Å². The first kappa shape index (κ1) is 16.3. The van der Waals surface area contributed by atoms with Crippen LogP contribution in [0.25, 0.3) is 22.3 Å². The van der Waals surface area contributed by atoms with Crippen LogP contribution in [0.2, 0.25) is 0 Å². The van der Waals surface area contributed by atoms with Gasteiger partial charge < -0.3 is 9.31 Å². The third kappa shape index (κ3) is 2.76. The molecule has 0 aromatic carbocycles. The molecular weight excluding hydrogens is 309 g/mol. The van der Waals surface area contributed by atoms with Crippen molar-refractivity contribution in [1.29, 1.82) is 0 Å². The van der Waals surface area contributed by atoms with Gasteiger partial charge in [-0.15, -0.1) is 0 Å². The summed E-state index contributed by atoms with van der Waals surface area (Å²) >= 11 is 0. The van der Waals surface area contributed by atoms with Crippen LogP contribution in [0.4, 0.5) is 0 Å². The fourth-order valence-corrected chi connectivity index (χ4v) is 3.18. The summed E-state index contributed by atoms with van der Waals surface area (Å²) in [5.41, 5.74) is 5.19. The van der Waals surface area contributed by atoms with E-state index in [1.54, 1.807) is 0 Å². The van der Waals surface area contributed by atoms with Crippen molar-refractivity contribution in [1.82, 2.24) is 4.98 Å². The van der Waals surface area contributed by atoms with E-state index in [2.05, 4.69) is 69.1 Å². The molecule has 1 saturated heterocycles. The van der Waals surface area contributed by atoms with Crippen LogP contribution in [0.15, 0.2) is 60.9 Å². The lowest BCUT2D eigenvalue weighted by Crippen LogP contribution is -2.41. The first-order chi connectivity index (χ1) is 11.9. The van der Waals surface area contributed by atoms with Gasteiger partial charge in [0.25, 0.3) is 0 Å². The minimum Gasteiger partial charge on any atom is -0.399 e. The second-order valence-corrected chi connectivity index (χ2v) is 7.61. The van der Waals surface area contributed by atoms with Crippen molar-refractivity contribution in [3.63, 3.8) is 0 Å². The summed E-state index contributed by atoms with van der Waals surface area (Å²) < 4.78 is 12.4. The van der Waals surface area contributed by atoms with Gasteiger partial charge in [-0.3, -0.25) is 4.98 Å². The van der Waals surface area contributed by atoms with E-state index in [9.17, 15) is 0 Å². The van der Waals surface area contributed by atoms with Crippen LogP contribution >= 0.6 is 0 Å². The molecule has 3 aliphatic rings. The van der Waals surface area contributed by atoms with Crippen molar-refractivity contribution in [2.75, 3.05) is 0 Å². The number of pyridine rings is 1. The maximum atomic E-state index is 6.18. The Morgan fingerprint density at radius 3 is 1.80 bits per heavy atom. The Balaban J connectivity index is 1.73. The molecule has 0 saturated carbocycles. The molecule has 4 heteroatoms. The number of hydrogen-bond acceptors (Lipinski definition) is 3. The van der Waals surface area contributed by atoms with Gasteiger partial charge in [0, 0.05) is 12.4 Å². The minimum absolute atomic E-state index is 0.330. The molecular formula is C21H22BNO2. The van der Waals surface area contributed by atoms with Gasteiger partial charge in [0.15, 0.2) is 0 Å². The van der Waals surface area contributed by atoms with E-state index in [1.807, 2.05) is 24.5 Å². The zero-order chi connectivity index (χ0) is 17.7. The first-order valence-corrected chi connectivity index (χ1v) is 8.66. The van der Waals surface area contributed by atoms with Crippen molar-refractivity contribution < 1.29 is 9.31 Å². The fourth-order valence-electron chi connectivity index (χ4n) is 3.18. The molecule has 0 atom stereocenters. The molecule has 0 unspecified atom stereocenters. The molecule has 1 aromatic heterocycles. The maximum Gasteiger partial charge on any atom is 0.494 e. The fraction of sp³-hybridized carbons (Fsp3) is 0.286. The normalized spacial score (nSPS) is 18.6. The largest absolute Gasteiger partial charge is 0.494 e. The molecule has 126 valence electrons. The Kier molecular flexibility index (Phi) is 3.71. The molecule has 0 bridgehead atoms. The molecule has 3 nitrogen and oxygen atoms in total. The highest BCUT2D eigenvalue weighted by atomic mass is 16.7. The standard InChI is InChI=1S/C21H22BNO2/c1-20(2)21(3,4)25-22(24-20)17-7-5-15-6-9-18(19(15)10-8-17)16-11-13-23-14-12-16/h5-14H,1-4H3. The summed E-state index contributed by atoms with van der Waals surface area (Å²) in [7, 11) is -0.342. The van der Waals surface area contributed by atoms with Gasteiger partial charge in [-0.05, 0) is 67.5 Å². The Morgan fingerprint density at radius 1 is 0.680 bits per heavy atom. The number of rotatable bonds is 2. The van der Waals surface area contributed by atoms with E-state index in [0.717, 1.165) is 5.46 Å². The molecule has 1 aromatic rings. The number of aromatic nitrogens is 1. The molecule has 2 aliphatic carbocycles. The average Bonchev–Trinajstić information content (AvgIpc) is 2.97. The molecule has 0 amide bonds. The van der Waals surface area contributed by atoms with Gasteiger partial charge in [0.2, 0.25) is 0 Å². The molecule has 25 heavy (non-hydrogen) atoms. The molecule has 0 radical (unpaired) electrons. The summed E-state index contributed by atoms with van der Waals surface area (Å²) in [5, 5.41) is 0. The maximum absolute atomic E-state index is 6.18. The lowest BCUT2D eigenvalue weighted by Gasteiger charge is -2.32. The second kappa shape index (κ2) is 5.68. The number of fused-ring (bicyclic) bond motifs is 1. The topological polar surface area (TPSA) is 31.4 Å². The average molecular weight is 331 g/mol. The quantitative estimate of drug-likeness (QED) is 0.661. The van der Waals surface area contributed by atoms with Crippen molar-refractivity contribution in [3.8, 4) is 22.3 Å². The third-order valence-electron chi connectivity index (χ3n) is 5.45. The van der Waals surface area contributed by atoms with Gasteiger partial charge in [-0.25, -0.2) is 0 Å². The number of hydrogen-bond donors (Lipinski definition) is 0. The summed E-state index contributed by atoms with van der Waals surface area (Å²) in [4.78, 5) is 4.11. The van der Waals surface area contributed by atoms with Crippen molar-refractivity contribution >= 4 is 12.6 Å². The van der Waals surface area contributed by atoms with E-state index in [4.69, 9.17) is 9.31 Å². The highest BCUT2D eigenvalue weighted by Crippen LogP contribution is 2.37. The second-order valence-electron chi connectivity index (χ2n) is 7.61. The Bertz CT molecular complexity index is 860. The van der Waals surface area contributed by atoms with Gasteiger partial charge in [0.05, 0.1) is 11.2 Å². The molecule has 2 heterocycles. The Hall–Kier alpha value is -2.17. The predicted octanol–water partition coefficient (Wildman–Crippen LogP) is 4.15. The van der Waals surface area contributed by atoms with E-state index in [0.29, 0.717) is 0 Å². The van der Waals surface area contributed by atoms with Crippen molar-refractivity contribution in [2.24, 2.45) is 0 Å². The summed E-state index contributed by atoms with van der Waals surface area (Å²) in [6.07, 6.45) is 3.65. The van der Waals surface area contributed by atoms with Crippen molar-refractivity contribution in [2.45, 2.75) is 38.9 Å². The SMILES string of the molecule is CC1(C)OB(c2ccc3ccc(-c4ccncc4)c-3cc2)OC1(C)C. The van der Waals surface area contributed by atoms with E-state index < -0.39 is 0 Å². The van der Waals surface area contributed by atoms with Crippen LogP contribution in [0, 0.1) is 0 Å². The molecule has 1 fully saturated rings. The van der Waals surface area contributed by atoms with E-state index in [-0.39, 0.29) is 18.3 Å². The Labute approximate surface area is 149 Å². The summed E-state index contributed by atoms with van der Waals surface area (Å²) in [6.45, 7) is 8.31. The lowest BCUT2D eigenvalue weighted by atomic mass is 9.80. The lowest BCUT2D eigenvalue weighted by molar-refractivity contribution is 0.00578. The zero-order valence-corrected chi connectivity index (χ0v) is 15.1. The predicted molar refractivity (Wildman–Crippen MR) is 102 cm³/mol. The van der Waals surface area contributed by atoms with E-state index >= 15 is 0 Å².